The zero-order valence-corrected chi connectivity index (χ0v) is 18.3. The molecular weight excluding hydrogens is 284 g/mol. The van der Waals surface area contributed by atoms with E-state index in [1.807, 2.05) is 0 Å². The van der Waals surface area contributed by atoms with Gasteiger partial charge in [-0.15, -0.1) is 0 Å². The first-order chi connectivity index (χ1) is 7.91. The third-order valence-electron chi connectivity index (χ3n) is 4.33. The van der Waals surface area contributed by atoms with Crippen molar-refractivity contribution in [2.45, 2.75) is 90.5 Å². The molecule has 0 fully saturated rings. The minimum absolute atomic E-state index is 0.0111. The molecule has 0 radical (unpaired) electrons. The zero-order valence-electron chi connectivity index (χ0n) is 15.3. The fourth-order valence-electron chi connectivity index (χ4n) is 1.80. The zero-order chi connectivity index (χ0) is 15.9. The molecule has 0 bridgehead atoms. The highest BCUT2D eigenvalue weighted by Crippen LogP contribution is 2.35. The molecule has 5 heteroatoms. The summed E-state index contributed by atoms with van der Waals surface area (Å²) in [4.78, 5) is 0. The second-order valence-electron chi connectivity index (χ2n) is 9.10. The molecule has 0 aromatic carbocycles. The Morgan fingerprint density at radius 1 is 0.579 bits per heavy atom. The first kappa shape index (κ1) is 19.6. The molecule has 0 amide bonds. The summed E-state index contributed by atoms with van der Waals surface area (Å²) < 4.78 is 13.1. The first-order valence-electron chi connectivity index (χ1n) is 7.32. The molecule has 116 valence electrons. The molecule has 0 saturated heterocycles. The molecule has 0 aromatic rings. The van der Waals surface area contributed by atoms with Gasteiger partial charge in [-0.25, -0.2) is 0 Å². The van der Waals surface area contributed by atoms with Crippen molar-refractivity contribution in [3.8, 4) is 0 Å². The van der Waals surface area contributed by atoms with Crippen LogP contribution in [0.1, 0.15) is 27.7 Å². The average molecular weight is 321 g/mol. The molecular formula is C14H36O2Si3. The van der Waals surface area contributed by atoms with Crippen LogP contribution in [0.3, 0.4) is 0 Å². The Hall–Kier alpha value is 0.571. The monoisotopic (exact) mass is 320 g/mol. The lowest BCUT2D eigenvalue weighted by Crippen LogP contribution is -2.64. The molecule has 0 atom stereocenters. The van der Waals surface area contributed by atoms with Gasteiger partial charge in [0.25, 0.3) is 0 Å². The lowest BCUT2D eigenvalue weighted by molar-refractivity contribution is 0.100. The Kier molecular flexibility index (Phi) is 5.57. The second kappa shape index (κ2) is 5.40. The molecule has 0 aliphatic carbocycles. The van der Waals surface area contributed by atoms with Crippen LogP contribution in [0.5, 0.6) is 0 Å². The van der Waals surface area contributed by atoms with Crippen molar-refractivity contribution < 1.29 is 8.85 Å². The Morgan fingerprint density at radius 3 is 1.21 bits per heavy atom. The quantitative estimate of drug-likeness (QED) is 0.639. The Bertz CT molecular complexity index is 310. The lowest BCUT2D eigenvalue weighted by Gasteiger charge is -2.50. The molecule has 0 rings (SSSR count). The lowest BCUT2D eigenvalue weighted by atomic mass is 10.5. The van der Waals surface area contributed by atoms with Gasteiger partial charge < -0.3 is 8.85 Å². The van der Waals surface area contributed by atoms with E-state index in [0.717, 1.165) is 0 Å². The minimum atomic E-state index is -1.94. The summed E-state index contributed by atoms with van der Waals surface area (Å²) in [5.74, 6) is 0. The predicted molar refractivity (Wildman–Crippen MR) is 94.5 cm³/mol. The van der Waals surface area contributed by atoms with Crippen LogP contribution in [0, 0.1) is 0 Å². The molecule has 0 aromatic heterocycles. The van der Waals surface area contributed by atoms with E-state index in [1.54, 1.807) is 0 Å². The third-order valence-corrected chi connectivity index (χ3v) is 13.6. The molecule has 0 saturated carbocycles. The summed E-state index contributed by atoms with van der Waals surface area (Å²) in [6.45, 7) is 27.5. The van der Waals surface area contributed by atoms with Crippen LogP contribution in [0.25, 0.3) is 0 Å². The normalized spacial score (nSPS) is 15.8. The van der Waals surface area contributed by atoms with E-state index < -0.39 is 24.7 Å². The van der Waals surface area contributed by atoms with Gasteiger partial charge in [-0.3, -0.25) is 0 Å². The topological polar surface area (TPSA) is 18.5 Å². The van der Waals surface area contributed by atoms with Crippen molar-refractivity contribution in [3.63, 3.8) is 0 Å². The van der Waals surface area contributed by atoms with Crippen molar-refractivity contribution >= 4 is 24.7 Å². The van der Waals surface area contributed by atoms with E-state index in [4.69, 9.17) is 8.85 Å². The molecule has 19 heavy (non-hydrogen) atoms. The smallest absolute Gasteiger partial charge is 0.216 e. The Labute approximate surface area is 124 Å². The maximum absolute atomic E-state index is 6.70. The van der Waals surface area contributed by atoms with E-state index in [1.165, 1.54) is 0 Å². The van der Waals surface area contributed by atoms with Crippen molar-refractivity contribution in [2.24, 2.45) is 0 Å². The van der Waals surface area contributed by atoms with E-state index >= 15 is 0 Å². The van der Waals surface area contributed by atoms with Crippen LogP contribution < -0.4 is 0 Å². The van der Waals surface area contributed by atoms with Crippen molar-refractivity contribution in [3.05, 3.63) is 0 Å². The first-order valence-corrected chi connectivity index (χ1v) is 17.1. The molecule has 0 aliphatic rings. The van der Waals surface area contributed by atoms with Crippen LogP contribution in [0.15, 0.2) is 0 Å². The van der Waals surface area contributed by atoms with Crippen molar-refractivity contribution in [2.75, 3.05) is 0 Å². The summed E-state index contributed by atoms with van der Waals surface area (Å²) in [7, 11) is -4.86. The van der Waals surface area contributed by atoms with Gasteiger partial charge in [-0.2, -0.15) is 0 Å². The highest BCUT2D eigenvalue weighted by atomic mass is 28.4. The summed E-state index contributed by atoms with van der Waals surface area (Å²) in [5, 5.41) is -0.156. The van der Waals surface area contributed by atoms with Gasteiger partial charge in [0.1, 0.15) is 0 Å². The van der Waals surface area contributed by atoms with Gasteiger partial charge >= 0.3 is 0 Å². The van der Waals surface area contributed by atoms with E-state index in [9.17, 15) is 0 Å². The average Bonchev–Trinajstić information content (AvgIpc) is 1.92. The molecule has 0 unspecified atom stereocenters. The van der Waals surface area contributed by atoms with Crippen LogP contribution in [0.4, 0.5) is 0 Å². The van der Waals surface area contributed by atoms with Gasteiger partial charge in [0.15, 0.2) is 8.32 Å². The molecule has 0 heterocycles. The maximum atomic E-state index is 6.70. The standard InChI is InChI=1S/C14H36O2Si3/c1-13(2,17(5,6)7)16-19(11,12)14(3,4)15-18(8,9)10/h1-12H3. The second-order valence-corrected chi connectivity index (χ2v) is 23.7. The SMILES string of the molecule is CC(C)(O[Si](C)(C)C(C)(C)O[Si](C)(C)C)[Si](C)(C)C. The number of hydrogen-bond donors (Lipinski definition) is 0. The minimum Gasteiger partial charge on any atom is -0.413 e. The summed E-state index contributed by atoms with van der Waals surface area (Å²) in [6, 6.07) is 0. The largest absolute Gasteiger partial charge is 0.413 e. The molecule has 0 spiro atoms. The highest BCUT2D eigenvalue weighted by Gasteiger charge is 2.50. The van der Waals surface area contributed by atoms with Crippen molar-refractivity contribution in [1.82, 2.24) is 0 Å². The van der Waals surface area contributed by atoms with Crippen LogP contribution in [-0.4, -0.2) is 35.2 Å². The van der Waals surface area contributed by atoms with Gasteiger partial charge in [-0.05, 0) is 60.4 Å². The summed E-state index contributed by atoms with van der Waals surface area (Å²) >= 11 is 0. The number of hydrogen-bond acceptors (Lipinski definition) is 2. The Balaban J connectivity index is 5.18. The number of rotatable bonds is 6. The molecule has 0 aliphatic heterocycles. The third kappa shape index (κ3) is 5.46. The summed E-state index contributed by atoms with van der Waals surface area (Å²) in [6.07, 6.45) is 0. The fourth-order valence-corrected chi connectivity index (χ4v) is 8.75. The highest BCUT2D eigenvalue weighted by molar-refractivity contribution is 6.81. The van der Waals surface area contributed by atoms with E-state index in [2.05, 4.69) is 80.1 Å². The van der Waals surface area contributed by atoms with Gasteiger partial charge in [0.2, 0.25) is 8.32 Å². The van der Waals surface area contributed by atoms with E-state index in [-0.39, 0.29) is 10.4 Å². The van der Waals surface area contributed by atoms with Crippen LogP contribution >= 0.6 is 0 Å². The van der Waals surface area contributed by atoms with Gasteiger partial charge in [-0.1, -0.05) is 19.6 Å². The molecule has 2 nitrogen and oxygen atoms in total. The molecule has 0 N–H and O–H groups in total. The van der Waals surface area contributed by atoms with Crippen LogP contribution in [0.2, 0.25) is 52.4 Å². The van der Waals surface area contributed by atoms with Crippen molar-refractivity contribution in [1.29, 1.82) is 0 Å². The van der Waals surface area contributed by atoms with E-state index in [0.29, 0.717) is 0 Å². The van der Waals surface area contributed by atoms with Gasteiger partial charge in [0, 0.05) is 5.22 Å². The van der Waals surface area contributed by atoms with Crippen LogP contribution in [-0.2, 0) is 8.85 Å². The fraction of sp³-hybridized carbons (Fsp3) is 1.00. The summed E-state index contributed by atoms with van der Waals surface area (Å²) in [5.41, 5.74) is 0. The maximum Gasteiger partial charge on any atom is 0.216 e. The van der Waals surface area contributed by atoms with Gasteiger partial charge in [0.05, 0.1) is 13.3 Å². The Morgan fingerprint density at radius 2 is 0.947 bits per heavy atom. The predicted octanol–water partition coefficient (Wildman–Crippen LogP) is 5.03.